The quantitative estimate of drug-likeness (QED) is 0.425. The summed E-state index contributed by atoms with van der Waals surface area (Å²) < 4.78 is 0. The number of carbonyl (C=O) groups is 1. The van der Waals surface area contributed by atoms with E-state index in [0.29, 0.717) is 56.0 Å². The van der Waals surface area contributed by atoms with E-state index < -0.39 is 11.2 Å². The molecule has 0 saturated heterocycles. The molecule has 7 atom stereocenters. The molecule has 162 valence electrons. The van der Waals surface area contributed by atoms with E-state index in [1.165, 1.54) is 0 Å². The van der Waals surface area contributed by atoms with E-state index in [4.69, 9.17) is 15.4 Å². The molecule has 4 fully saturated rings. The lowest BCUT2D eigenvalue weighted by Gasteiger charge is -2.61. The van der Waals surface area contributed by atoms with Crippen LogP contribution < -0.4 is 5.73 Å². The molecule has 0 bridgehead atoms. The Labute approximate surface area is 171 Å². The Kier molecular flexibility index (Phi) is 5.34. The molecule has 29 heavy (non-hydrogen) atoms. The van der Waals surface area contributed by atoms with E-state index in [9.17, 15) is 14.9 Å². The Morgan fingerprint density at radius 3 is 2.72 bits per heavy atom. The number of ketones is 1. The van der Waals surface area contributed by atoms with E-state index in [-0.39, 0.29) is 16.7 Å². The van der Waals surface area contributed by atoms with Crippen LogP contribution >= 0.6 is 0 Å². The Balaban J connectivity index is 1.63. The molecule has 0 spiro atoms. The van der Waals surface area contributed by atoms with Gasteiger partial charge in [0.15, 0.2) is 0 Å². The molecule has 0 aliphatic heterocycles. The van der Waals surface area contributed by atoms with Crippen molar-refractivity contribution in [3.05, 3.63) is 10.1 Å². The summed E-state index contributed by atoms with van der Waals surface area (Å²) >= 11 is 0. The van der Waals surface area contributed by atoms with Crippen LogP contribution in [-0.4, -0.2) is 35.8 Å². The largest absolute Gasteiger partial charge is 0.395 e. The number of carbonyl (C=O) groups excluding carboxylic acids is 1. The Hall–Kier alpha value is -1.70. The molecule has 4 aliphatic carbocycles. The molecular formula is C21H33N3O5. The average molecular weight is 408 g/mol. The van der Waals surface area contributed by atoms with Gasteiger partial charge in [-0.15, -0.1) is 10.1 Å². The highest BCUT2D eigenvalue weighted by Crippen LogP contribution is 2.65. The first kappa shape index (κ1) is 20.6. The van der Waals surface area contributed by atoms with Gasteiger partial charge in [-0.25, -0.2) is 0 Å². The molecule has 0 aromatic rings. The maximum absolute atomic E-state index is 12.6. The zero-order valence-electron chi connectivity index (χ0n) is 17.5. The fourth-order valence-corrected chi connectivity index (χ4v) is 7.34. The van der Waals surface area contributed by atoms with Gasteiger partial charge >= 0.3 is 0 Å². The third-order valence-electron chi connectivity index (χ3n) is 8.83. The smallest absolute Gasteiger partial charge is 0.294 e. The Bertz CT molecular complexity index is 712. The summed E-state index contributed by atoms with van der Waals surface area (Å²) in [5.41, 5.74) is 6.14. The first-order chi connectivity index (χ1) is 13.8. The van der Waals surface area contributed by atoms with E-state index >= 15 is 0 Å². The van der Waals surface area contributed by atoms with Gasteiger partial charge in [-0.1, -0.05) is 19.0 Å². The zero-order valence-corrected chi connectivity index (χ0v) is 17.5. The van der Waals surface area contributed by atoms with Crippen LogP contribution in [0.5, 0.6) is 0 Å². The molecule has 0 aromatic carbocycles. The SMILES string of the molecule is C[C@]12CCC(=NOCCN)CC1[C@H](O[N+](=O)[O-])CC1C2CC[C@]2(C)C(=O)CCC12. The molecule has 8 nitrogen and oxygen atoms in total. The summed E-state index contributed by atoms with van der Waals surface area (Å²) in [6.07, 6.45) is 6.20. The second-order valence-electron chi connectivity index (χ2n) is 9.99. The fourth-order valence-electron chi connectivity index (χ4n) is 7.34. The molecular weight excluding hydrogens is 374 g/mol. The molecule has 4 unspecified atom stereocenters. The molecule has 4 rings (SSSR count). The van der Waals surface area contributed by atoms with Gasteiger partial charge in [-0.2, -0.15) is 0 Å². The summed E-state index contributed by atoms with van der Waals surface area (Å²) in [5.74, 6) is 1.56. The van der Waals surface area contributed by atoms with Crippen LogP contribution in [0.25, 0.3) is 0 Å². The minimum Gasteiger partial charge on any atom is -0.395 e. The number of rotatable bonds is 5. The summed E-state index contributed by atoms with van der Waals surface area (Å²) in [6, 6.07) is 0. The lowest BCUT2D eigenvalue weighted by atomic mass is 9.44. The van der Waals surface area contributed by atoms with Crippen LogP contribution in [0, 0.1) is 44.6 Å². The third-order valence-corrected chi connectivity index (χ3v) is 8.83. The predicted molar refractivity (Wildman–Crippen MR) is 106 cm³/mol. The van der Waals surface area contributed by atoms with Gasteiger partial charge in [0.05, 0.1) is 5.71 Å². The summed E-state index contributed by atoms with van der Waals surface area (Å²) in [7, 11) is 0. The fraction of sp³-hybridized carbons (Fsp3) is 0.905. The van der Waals surface area contributed by atoms with Gasteiger partial charge < -0.3 is 15.4 Å². The van der Waals surface area contributed by atoms with Crippen molar-refractivity contribution in [1.29, 1.82) is 0 Å². The first-order valence-corrected chi connectivity index (χ1v) is 11.0. The Morgan fingerprint density at radius 2 is 2.00 bits per heavy atom. The molecule has 4 saturated carbocycles. The number of Topliss-reactive ketones (excluding diaryl/α,β-unsaturated/α-hetero) is 1. The van der Waals surface area contributed by atoms with Crippen molar-refractivity contribution < 1.29 is 19.6 Å². The molecule has 0 amide bonds. The van der Waals surface area contributed by atoms with Crippen LogP contribution in [0.2, 0.25) is 0 Å². The monoisotopic (exact) mass is 407 g/mol. The lowest BCUT2D eigenvalue weighted by molar-refractivity contribution is -0.772. The van der Waals surface area contributed by atoms with E-state index in [2.05, 4.69) is 19.0 Å². The lowest BCUT2D eigenvalue weighted by Crippen LogP contribution is -2.58. The highest BCUT2D eigenvalue weighted by atomic mass is 17.0. The van der Waals surface area contributed by atoms with Crippen LogP contribution in [0.1, 0.15) is 65.2 Å². The van der Waals surface area contributed by atoms with Gasteiger partial charge in [0.25, 0.3) is 5.09 Å². The van der Waals surface area contributed by atoms with Crippen molar-refractivity contribution >= 4 is 11.5 Å². The van der Waals surface area contributed by atoms with Crippen molar-refractivity contribution in [3.8, 4) is 0 Å². The van der Waals surface area contributed by atoms with Gasteiger partial charge in [-0.3, -0.25) is 4.79 Å². The van der Waals surface area contributed by atoms with Gasteiger partial charge in [0.2, 0.25) is 0 Å². The van der Waals surface area contributed by atoms with Crippen molar-refractivity contribution in [1.82, 2.24) is 0 Å². The van der Waals surface area contributed by atoms with E-state index in [1.807, 2.05) is 0 Å². The highest BCUT2D eigenvalue weighted by molar-refractivity contribution is 5.87. The summed E-state index contributed by atoms with van der Waals surface area (Å²) in [6.45, 7) is 5.20. The zero-order chi connectivity index (χ0) is 20.8. The highest BCUT2D eigenvalue weighted by Gasteiger charge is 2.62. The van der Waals surface area contributed by atoms with Gasteiger partial charge in [0, 0.05) is 18.4 Å². The second-order valence-corrected chi connectivity index (χ2v) is 9.99. The summed E-state index contributed by atoms with van der Waals surface area (Å²) in [4.78, 5) is 34.5. The minimum absolute atomic E-state index is 0.0382. The topological polar surface area (TPSA) is 117 Å². The van der Waals surface area contributed by atoms with Crippen LogP contribution in [0.15, 0.2) is 5.16 Å². The van der Waals surface area contributed by atoms with Crippen LogP contribution in [-0.2, 0) is 14.5 Å². The number of fused-ring (bicyclic) bond motifs is 5. The van der Waals surface area contributed by atoms with Crippen molar-refractivity contribution in [2.45, 2.75) is 71.3 Å². The number of oxime groups is 1. The normalized spacial score (nSPS) is 45.3. The van der Waals surface area contributed by atoms with E-state index in [0.717, 1.165) is 37.8 Å². The second kappa shape index (κ2) is 7.52. The van der Waals surface area contributed by atoms with Crippen molar-refractivity contribution in [2.75, 3.05) is 13.2 Å². The van der Waals surface area contributed by atoms with Gasteiger partial charge in [0.1, 0.15) is 18.5 Å². The van der Waals surface area contributed by atoms with Crippen LogP contribution in [0.3, 0.4) is 0 Å². The van der Waals surface area contributed by atoms with Gasteiger partial charge in [-0.05, 0) is 74.0 Å². The first-order valence-electron chi connectivity index (χ1n) is 11.0. The molecule has 8 heteroatoms. The number of hydrogen-bond acceptors (Lipinski definition) is 7. The third kappa shape index (κ3) is 3.33. The maximum atomic E-state index is 12.6. The predicted octanol–water partition coefficient (Wildman–Crippen LogP) is 3.12. The average Bonchev–Trinajstić information content (AvgIpc) is 2.97. The van der Waals surface area contributed by atoms with Crippen molar-refractivity contribution in [3.63, 3.8) is 0 Å². The molecule has 2 N–H and O–H groups in total. The standard InChI is InChI=1S/C21H33N3O5/c1-20-7-5-13(23-28-10-9-22)11-17(20)18(29-24(26)27)12-14-15-3-4-19(25)21(15,2)8-6-16(14)20/h14-18H,3-12,22H2,1-2H3/t14?,15?,16?,17?,18-,20-,21+/m1/s1. The van der Waals surface area contributed by atoms with Crippen molar-refractivity contribution in [2.24, 2.45) is 45.4 Å². The molecule has 0 aromatic heterocycles. The number of nitrogens with zero attached hydrogens (tertiary/aromatic N) is 2. The number of nitrogens with two attached hydrogens (primary N) is 1. The molecule has 4 aliphatic rings. The minimum atomic E-state index is -0.635. The summed E-state index contributed by atoms with van der Waals surface area (Å²) in [5, 5.41) is 14.9. The molecule has 0 radical (unpaired) electrons. The molecule has 0 heterocycles. The number of hydrogen-bond donors (Lipinski definition) is 1. The van der Waals surface area contributed by atoms with Crippen LogP contribution in [0.4, 0.5) is 0 Å². The van der Waals surface area contributed by atoms with E-state index in [1.54, 1.807) is 0 Å². The Morgan fingerprint density at radius 1 is 1.21 bits per heavy atom. The maximum Gasteiger partial charge on any atom is 0.294 e.